The van der Waals surface area contributed by atoms with Gasteiger partial charge in [0, 0.05) is 26.2 Å². The molecule has 0 aliphatic carbocycles. The number of rotatable bonds is 7. The number of nitrogens with zero attached hydrogens (tertiary/aromatic N) is 1. The second kappa shape index (κ2) is 9.77. The number of para-hydroxylation sites is 1. The Bertz CT molecular complexity index is 557. The minimum absolute atomic E-state index is 0.0191. The zero-order valence-electron chi connectivity index (χ0n) is 14.0. The van der Waals surface area contributed by atoms with E-state index in [4.69, 9.17) is 4.74 Å². The molecule has 132 valence electrons. The van der Waals surface area contributed by atoms with E-state index in [2.05, 4.69) is 20.9 Å². The van der Waals surface area contributed by atoms with Gasteiger partial charge in [0.25, 0.3) is 5.91 Å². The summed E-state index contributed by atoms with van der Waals surface area (Å²) < 4.78 is 5.56. The third-order valence-electron chi connectivity index (χ3n) is 3.67. The molecule has 1 aromatic rings. The summed E-state index contributed by atoms with van der Waals surface area (Å²) in [5.74, 6) is 0.399. The smallest absolute Gasteiger partial charge is 0.255 e. The zero-order chi connectivity index (χ0) is 17.2. The number of guanidine groups is 1. The maximum atomic E-state index is 12.0. The van der Waals surface area contributed by atoms with Gasteiger partial charge < -0.3 is 25.8 Å². The van der Waals surface area contributed by atoms with Crippen LogP contribution >= 0.6 is 0 Å². The van der Waals surface area contributed by atoms with E-state index in [0.717, 1.165) is 26.0 Å². The van der Waals surface area contributed by atoms with Gasteiger partial charge in [0.1, 0.15) is 5.75 Å². The highest BCUT2D eigenvalue weighted by Gasteiger charge is 2.15. The van der Waals surface area contributed by atoms with Gasteiger partial charge in [-0.1, -0.05) is 12.1 Å². The number of ether oxygens (including phenoxy) is 1. The van der Waals surface area contributed by atoms with Gasteiger partial charge in [0.05, 0.1) is 18.2 Å². The molecule has 1 aliphatic heterocycles. The van der Waals surface area contributed by atoms with Crippen LogP contribution in [0.25, 0.3) is 0 Å². The van der Waals surface area contributed by atoms with Gasteiger partial charge >= 0.3 is 0 Å². The van der Waals surface area contributed by atoms with Crippen LogP contribution in [0.15, 0.2) is 29.3 Å². The number of aliphatic imine (C=N–C) groups is 1. The van der Waals surface area contributed by atoms with E-state index in [9.17, 15) is 9.90 Å². The van der Waals surface area contributed by atoms with Gasteiger partial charge in [-0.15, -0.1) is 0 Å². The number of amides is 1. The molecule has 0 saturated carbocycles. The third-order valence-corrected chi connectivity index (χ3v) is 3.67. The van der Waals surface area contributed by atoms with Crippen LogP contribution in [0.4, 0.5) is 0 Å². The van der Waals surface area contributed by atoms with Crippen LogP contribution < -0.4 is 16.0 Å². The van der Waals surface area contributed by atoms with Crippen molar-refractivity contribution in [3.8, 4) is 5.75 Å². The monoisotopic (exact) mass is 334 g/mol. The molecule has 7 heteroatoms. The summed E-state index contributed by atoms with van der Waals surface area (Å²) in [5, 5.41) is 18.8. The molecule has 2 rings (SSSR count). The SMILES string of the molecule is CCNC(=NCC1CCCO1)NCCNC(=O)c1ccccc1O. The number of carbonyl (C=O) groups is 1. The van der Waals surface area contributed by atoms with Crippen molar-refractivity contribution in [1.82, 2.24) is 16.0 Å². The Hall–Kier alpha value is -2.28. The van der Waals surface area contributed by atoms with Crippen LogP contribution in [0.1, 0.15) is 30.1 Å². The summed E-state index contributed by atoms with van der Waals surface area (Å²) >= 11 is 0. The zero-order valence-corrected chi connectivity index (χ0v) is 14.0. The van der Waals surface area contributed by atoms with Crippen molar-refractivity contribution in [2.24, 2.45) is 4.99 Å². The molecule has 1 heterocycles. The molecule has 0 aromatic heterocycles. The number of phenols is 1. The highest BCUT2D eigenvalue weighted by atomic mass is 16.5. The van der Waals surface area contributed by atoms with E-state index in [1.165, 1.54) is 6.07 Å². The second-order valence-corrected chi connectivity index (χ2v) is 5.55. The van der Waals surface area contributed by atoms with Gasteiger partial charge in [-0.2, -0.15) is 0 Å². The van der Waals surface area contributed by atoms with Crippen LogP contribution in [-0.2, 0) is 4.74 Å². The molecule has 1 aromatic carbocycles. The summed E-state index contributed by atoms with van der Waals surface area (Å²) in [4.78, 5) is 16.5. The standard InChI is InChI=1S/C17H26N4O3/c1-2-18-17(21-12-13-6-5-11-24-13)20-10-9-19-16(23)14-7-3-4-8-15(14)22/h3-4,7-8,13,22H,2,5-6,9-12H2,1H3,(H,19,23)(H2,18,20,21). The fraction of sp³-hybridized carbons (Fsp3) is 0.529. The first-order chi connectivity index (χ1) is 11.7. The predicted molar refractivity (Wildman–Crippen MR) is 93.4 cm³/mol. The minimum atomic E-state index is -0.295. The molecule has 1 saturated heterocycles. The maximum Gasteiger partial charge on any atom is 0.255 e. The van der Waals surface area contributed by atoms with Gasteiger partial charge in [0.2, 0.25) is 0 Å². The van der Waals surface area contributed by atoms with Crippen molar-refractivity contribution in [2.45, 2.75) is 25.9 Å². The molecule has 4 N–H and O–H groups in total. The minimum Gasteiger partial charge on any atom is -0.507 e. The van der Waals surface area contributed by atoms with Crippen molar-refractivity contribution in [3.05, 3.63) is 29.8 Å². The van der Waals surface area contributed by atoms with E-state index in [1.54, 1.807) is 18.2 Å². The molecular weight excluding hydrogens is 308 g/mol. The van der Waals surface area contributed by atoms with Crippen LogP contribution in [0, 0.1) is 0 Å². The summed E-state index contributed by atoms with van der Waals surface area (Å²) in [6.45, 7) is 5.20. The van der Waals surface area contributed by atoms with Crippen molar-refractivity contribution >= 4 is 11.9 Å². The molecule has 1 aliphatic rings. The number of hydrogen-bond donors (Lipinski definition) is 4. The molecule has 1 atom stereocenters. The average molecular weight is 334 g/mol. The first kappa shape index (κ1) is 18.1. The Labute approximate surface area is 142 Å². The molecule has 1 amide bonds. The highest BCUT2D eigenvalue weighted by molar-refractivity contribution is 5.96. The molecule has 0 spiro atoms. The Morgan fingerprint density at radius 3 is 2.79 bits per heavy atom. The lowest BCUT2D eigenvalue weighted by molar-refractivity contribution is 0.0951. The second-order valence-electron chi connectivity index (χ2n) is 5.55. The van der Waals surface area contributed by atoms with Gasteiger partial charge in [-0.05, 0) is 31.9 Å². The fourth-order valence-electron chi connectivity index (χ4n) is 2.44. The lowest BCUT2D eigenvalue weighted by atomic mass is 10.2. The first-order valence-corrected chi connectivity index (χ1v) is 8.40. The maximum absolute atomic E-state index is 12.0. The Morgan fingerprint density at radius 1 is 1.29 bits per heavy atom. The summed E-state index contributed by atoms with van der Waals surface area (Å²) in [7, 11) is 0. The molecular formula is C17H26N4O3. The summed E-state index contributed by atoms with van der Waals surface area (Å²) in [5.41, 5.74) is 0.274. The molecule has 0 bridgehead atoms. The predicted octanol–water partition coefficient (Wildman–Crippen LogP) is 0.856. The van der Waals surface area contributed by atoms with Crippen LogP contribution in [0.2, 0.25) is 0 Å². The van der Waals surface area contributed by atoms with Crippen molar-refractivity contribution in [3.63, 3.8) is 0 Å². The van der Waals surface area contributed by atoms with Crippen molar-refractivity contribution in [2.75, 3.05) is 32.8 Å². The Kier molecular flexibility index (Phi) is 7.35. The lowest BCUT2D eigenvalue weighted by Crippen LogP contribution is -2.42. The van der Waals surface area contributed by atoms with Crippen LogP contribution in [-0.4, -0.2) is 55.9 Å². The van der Waals surface area contributed by atoms with Gasteiger partial charge in [0.15, 0.2) is 5.96 Å². The molecule has 1 fully saturated rings. The largest absolute Gasteiger partial charge is 0.507 e. The van der Waals surface area contributed by atoms with E-state index in [1.807, 2.05) is 6.92 Å². The van der Waals surface area contributed by atoms with Crippen LogP contribution in [0.3, 0.4) is 0 Å². The molecule has 1 unspecified atom stereocenters. The van der Waals surface area contributed by atoms with E-state index in [0.29, 0.717) is 25.6 Å². The van der Waals surface area contributed by atoms with Gasteiger partial charge in [-0.3, -0.25) is 9.79 Å². The fourth-order valence-corrected chi connectivity index (χ4v) is 2.44. The van der Waals surface area contributed by atoms with E-state index < -0.39 is 0 Å². The first-order valence-electron chi connectivity index (χ1n) is 8.40. The van der Waals surface area contributed by atoms with E-state index in [-0.39, 0.29) is 23.3 Å². The van der Waals surface area contributed by atoms with Crippen LogP contribution in [0.5, 0.6) is 5.75 Å². The summed E-state index contributed by atoms with van der Waals surface area (Å²) in [6.07, 6.45) is 2.36. The van der Waals surface area contributed by atoms with Crippen molar-refractivity contribution in [1.29, 1.82) is 0 Å². The Balaban J connectivity index is 1.73. The number of carbonyl (C=O) groups excluding carboxylic acids is 1. The normalized spacial score (nSPS) is 17.5. The lowest BCUT2D eigenvalue weighted by Gasteiger charge is -2.13. The average Bonchev–Trinajstić information content (AvgIpc) is 3.10. The number of aromatic hydroxyl groups is 1. The number of benzene rings is 1. The number of nitrogens with one attached hydrogen (secondary N) is 3. The Morgan fingerprint density at radius 2 is 2.08 bits per heavy atom. The highest BCUT2D eigenvalue weighted by Crippen LogP contribution is 2.14. The number of phenolic OH excluding ortho intramolecular Hbond substituents is 1. The molecule has 7 nitrogen and oxygen atoms in total. The quantitative estimate of drug-likeness (QED) is 0.337. The topological polar surface area (TPSA) is 95.0 Å². The molecule has 24 heavy (non-hydrogen) atoms. The molecule has 0 radical (unpaired) electrons. The van der Waals surface area contributed by atoms with E-state index >= 15 is 0 Å². The van der Waals surface area contributed by atoms with Gasteiger partial charge in [-0.25, -0.2) is 0 Å². The summed E-state index contributed by atoms with van der Waals surface area (Å²) in [6, 6.07) is 6.48. The van der Waals surface area contributed by atoms with Crippen molar-refractivity contribution < 1.29 is 14.6 Å². The number of hydrogen-bond acceptors (Lipinski definition) is 4. The third kappa shape index (κ3) is 5.73.